The maximum atomic E-state index is 6.36. The molecule has 5 nitrogen and oxygen atoms in total. The summed E-state index contributed by atoms with van der Waals surface area (Å²) in [7, 11) is -2.15. The molecule has 0 aliphatic heterocycles. The molecule has 0 atom stereocenters. The molecule has 0 radical (unpaired) electrons. The lowest BCUT2D eigenvalue weighted by atomic mass is 9.82. The first-order valence-corrected chi connectivity index (χ1v) is 15.0. The predicted molar refractivity (Wildman–Crippen MR) is 135 cm³/mol. The van der Waals surface area contributed by atoms with Crippen molar-refractivity contribution in [1.82, 2.24) is 14.7 Å². The summed E-state index contributed by atoms with van der Waals surface area (Å²) in [5.74, 6) is 0. The van der Waals surface area contributed by atoms with E-state index in [1.165, 1.54) is 6.42 Å². The molecule has 0 N–H and O–H groups in total. The maximum absolute atomic E-state index is 6.36. The number of rotatable bonds is 20. The summed E-state index contributed by atoms with van der Waals surface area (Å²) in [5.41, 5.74) is 0.228. The smallest absolute Gasteiger partial charge is 0.337 e. The Labute approximate surface area is 190 Å². The quantitative estimate of drug-likeness (QED) is 0.248. The van der Waals surface area contributed by atoms with E-state index in [4.69, 9.17) is 8.85 Å². The zero-order chi connectivity index (χ0) is 23.0. The zero-order valence-electron chi connectivity index (χ0n) is 22.1. The molecule has 0 saturated heterocycles. The van der Waals surface area contributed by atoms with E-state index in [0.717, 1.165) is 84.2 Å². The minimum Gasteiger partial charge on any atom is -0.394 e. The Kier molecular flexibility index (Phi) is 16.6. The van der Waals surface area contributed by atoms with Crippen molar-refractivity contribution in [2.75, 3.05) is 72.1 Å². The van der Waals surface area contributed by atoms with Crippen LogP contribution in [-0.2, 0) is 8.85 Å². The molecule has 0 saturated carbocycles. The van der Waals surface area contributed by atoms with E-state index in [1.54, 1.807) is 0 Å². The fraction of sp³-hybridized carbons (Fsp3) is 1.00. The Hall–Kier alpha value is 0.0169. The van der Waals surface area contributed by atoms with E-state index >= 15 is 0 Å². The summed E-state index contributed by atoms with van der Waals surface area (Å²) < 4.78 is 12.7. The van der Waals surface area contributed by atoms with Crippen LogP contribution in [0.25, 0.3) is 0 Å². The molecular weight excluding hydrogens is 390 g/mol. The van der Waals surface area contributed by atoms with E-state index in [9.17, 15) is 0 Å². The molecule has 0 aromatic heterocycles. The van der Waals surface area contributed by atoms with Gasteiger partial charge in [-0.1, -0.05) is 48.5 Å². The summed E-state index contributed by atoms with van der Waals surface area (Å²) in [4.78, 5) is 7.89. The number of nitrogens with zero attached hydrogens (tertiary/aromatic N) is 3. The highest BCUT2D eigenvalue weighted by molar-refractivity contribution is 6.67. The van der Waals surface area contributed by atoms with Crippen molar-refractivity contribution in [2.45, 2.75) is 80.8 Å². The topological polar surface area (TPSA) is 28.2 Å². The highest BCUT2D eigenvalue weighted by atomic mass is 28.4. The zero-order valence-corrected chi connectivity index (χ0v) is 23.1. The van der Waals surface area contributed by atoms with Crippen molar-refractivity contribution in [2.24, 2.45) is 5.41 Å². The lowest BCUT2D eigenvalue weighted by Gasteiger charge is -2.45. The molecule has 0 heterocycles. The van der Waals surface area contributed by atoms with Crippen molar-refractivity contribution in [3.63, 3.8) is 0 Å². The van der Waals surface area contributed by atoms with Gasteiger partial charge in [-0.2, -0.15) is 0 Å². The average Bonchev–Trinajstić information content (AvgIpc) is 2.78. The molecule has 0 aliphatic carbocycles. The monoisotopic (exact) mass is 445 g/mol. The Morgan fingerprint density at radius 1 is 0.567 bits per heavy atom. The maximum Gasteiger partial charge on any atom is 0.337 e. The molecule has 0 spiro atoms. The molecule has 0 aromatic rings. The predicted octanol–water partition coefficient (Wildman–Crippen LogP) is 4.92. The van der Waals surface area contributed by atoms with Crippen LogP contribution in [0.4, 0.5) is 0 Å². The second-order valence-corrected chi connectivity index (χ2v) is 12.1. The fourth-order valence-electron chi connectivity index (χ4n) is 4.70. The van der Waals surface area contributed by atoms with Crippen molar-refractivity contribution in [1.29, 1.82) is 0 Å². The van der Waals surface area contributed by atoms with Gasteiger partial charge in [0.1, 0.15) is 0 Å². The first-order valence-electron chi connectivity index (χ1n) is 12.8. The fourth-order valence-corrected chi connectivity index (χ4v) is 7.80. The largest absolute Gasteiger partial charge is 0.394 e. The van der Waals surface area contributed by atoms with Crippen LogP contribution >= 0.6 is 0 Å². The lowest BCUT2D eigenvalue weighted by molar-refractivity contribution is 0.0554. The van der Waals surface area contributed by atoms with Gasteiger partial charge in [-0.15, -0.1) is 0 Å². The van der Waals surface area contributed by atoms with Crippen molar-refractivity contribution < 1.29 is 8.85 Å². The number of hydrogen-bond donors (Lipinski definition) is 0. The molecule has 182 valence electrons. The van der Waals surface area contributed by atoms with Gasteiger partial charge in [-0.3, -0.25) is 0 Å². The minimum absolute atomic E-state index is 0.228. The van der Waals surface area contributed by atoms with E-state index in [0.29, 0.717) is 0 Å². The van der Waals surface area contributed by atoms with Crippen molar-refractivity contribution in [3.05, 3.63) is 0 Å². The van der Waals surface area contributed by atoms with Gasteiger partial charge in [0.05, 0.1) is 0 Å². The summed E-state index contributed by atoms with van der Waals surface area (Å²) >= 11 is 0. The Bertz CT molecular complexity index is 358. The summed E-state index contributed by atoms with van der Waals surface area (Å²) in [6.07, 6.45) is 1.18. The third-order valence-corrected chi connectivity index (χ3v) is 10.5. The van der Waals surface area contributed by atoms with Crippen molar-refractivity contribution >= 4 is 8.56 Å². The van der Waals surface area contributed by atoms with Crippen LogP contribution < -0.4 is 0 Å². The van der Waals surface area contributed by atoms with E-state index < -0.39 is 8.56 Å². The van der Waals surface area contributed by atoms with Crippen LogP contribution in [-0.4, -0.2) is 95.4 Å². The van der Waals surface area contributed by atoms with Crippen LogP contribution in [0, 0.1) is 5.41 Å². The first kappa shape index (κ1) is 30.0. The highest BCUT2D eigenvalue weighted by Gasteiger charge is 2.41. The Morgan fingerprint density at radius 3 is 1.13 bits per heavy atom. The SMILES string of the molecule is CCO[Si](CC)(CCC(CN(CC)CC)(CN(CC)CC)CN(CC)CC)OCC. The lowest BCUT2D eigenvalue weighted by Crippen LogP contribution is -2.53. The average molecular weight is 446 g/mol. The van der Waals surface area contributed by atoms with Gasteiger partial charge in [0, 0.05) is 38.3 Å². The van der Waals surface area contributed by atoms with Gasteiger partial charge in [0.15, 0.2) is 0 Å². The van der Waals surface area contributed by atoms with Crippen molar-refractivity contribution in [3.8, 4) is 0 Å². The number of hydrogen-bond acceptors (Lipinski definition) is 5. The second kappa shape index (κ2) is 16.6. The first-order chi connectivity index (χ1) is 14.4. The Morgan fingerprint density at radius 2 is 0.900 bits per heavy atom. The minimum atomic E-state index is -2.15. The summed E-state index contributed by atoms with van der Waals surface area (Å²) in [6.45, 7) is 31.9. The van der Waals surface area contributed by atoms with Crippen LogP contribution in [0.3, 0.4) is 0 Å². The van der Waals surface area contributed by atoms with Gasteiger partial charge in [0.25, 0.3) is 0 Å². The van der Waals surface area contributed by atoms with Gasteiger partial charge in [-0.25, -0.2) is 0 Å². The summed E-state index contributed by atoms with van der Waals surface area (Å²) in [5, 5.41) is 0. The van der Waals surface area contributed by atoms with Crippen LogP contribution in [0.15, 0.2) is 0 Å². The molecular formula is C24H55N3O2Si. The molecule has 0 fully saturated rings. The van der Waals surface area contributed by atoms with E-state index in [-0.39, 0.29) is 5.41 Å². The van der Waals surface area contributed by atoms with Gasteiger partial charge in [0.2, 0.25) is 0 Å². The normalized spacial score (nSPS) is 13.2. The molecule has 30 heavy (non-hydrogen) atoms. The van der Waals surface area contributed by atoms with E-state index in [2.05, 4.69) is 77.0 Å². The molecule has 0 amide bonds. The molecule has 0 unspecified atom stereocenters. The van der Waals surface area contributed by atoms with Gasteiger partial charge < -0.3 is 23.6 Å². The van der Waals surface area contributed by atoms with Crippen LogP contribution in [0.1, 0.15) is 68.7 Å². The summed E-state index contributed by atoms with van der Waals surface area (Å²) in [6, 6.07) is 2.13. The van der Waals surface area contributed by atoms with Gasteiger partial charge in [-0.05, 0) is 71.6 Å². The van der Waals surface area contributed by atoms with Crippen LogP contribution in [0.2, 0.25) is 12.1 Å². The molecule has 0 aromatic carbocycles. The molecule has 6 heteroatoms. The molecule has 0 rings (SSSR count). The third kappa shape index (κ3) is 10.1. The Balaban J connectivity index is 6.00. The molecule has 0 aliphatic rings. The standard InChI is InChI=1S/C24H55N3O2Si/c1-10-25(11-2)21-24(22-26(12-3)13-4,23-27(14-5)15-6)19-20-30(18-9,28-16-7)29-17-8/h10-23H2,1-9H3. The third-order valence-electron chi connectivity index (χ3n) is 6.75. The van der Waals surface area contributed by atoms with E-state index in [1.807, 2.05) is 0 Å². The highest BCUT2D eigenvalue weighted by Crippen LogP contribution is 2.34. The van der Waals surface area contributed by atoms with Crippen LogP contribution in [0.5, 0.6) is 0 Å². The van der Waals surface area contributed by atoms with Gasteiger partial charge >= 0.3 is 8.56 Å². The second-order valence-electron chi connectivity index (χ2n) is 8.51. The molecule has 0 bridgehead atoms.